The molecule has 0 radical (unpaired) electrons. The Kier molecular flexibility index (Phi) is 4.53. The molecule has 6 heteroatoms. The molecule has 5 nitrogen and oxygen atoms in total. The van der Waals surface area contributed by atoms with E-state index in [9.17, 15) is 4.39 Å². The zero-order valence-corrected chi connectivity index (χ0v) is 14.3. The van der Waals surface area contributed by atoms with Crippen molar-refractivity contribution in [3.05, 3.63) is 90.0 Å². The lowest BCUT2D eigenvalue weighted by atomic mass is 10.1. The van der Waals surface area contributed by atoms with Gasteiger partial charge in [0.15, 0.2) is 5.76 Å². The number of hydrogen-bond acceptors (Lipinski definition) is 5. The van der Waals surface area contributed by atoms with Gasteiger partial charge in [0.2, 0.25) is 0 Å². The summed E-state index contributed by atoms with van der Waals surface area (Å²) in [6.45, 7) is 0. The number of pyridine rings is 1. The van der Waals surface area contributed by atoms with Crippen molar-refractivity contribution in [2.45, 2.75) is 6.42 Å². The Morgan fingerprint density at radius 3 is 2.59 bits per heavy atom. The topological polar surface area (TPSA) is 74.2 Å². The Labute approximate surface area is 155 Å². The lowest BCUT2D eigenvalue weighted by molar-refractivity contribution is 0.425. The molecule has 27 heavy (non-hydrogen) atoms. The third-order valence-electron chi connectivity index (χ3n) is 4.00. The molecule has 0 aliphatic carbocycles. The van der Waals surface area contributed by atoms with Crippen LogP contribution in [0.25, 0.3) is 11.3 Å². The third kappa shape index (κ3) is 3.95. The molecule has 2 N–H and O–H groups in total. The monoisotopic (exact) mass is 361 g/mol. The van der Waals surface area contributed by atoms with E-state index in [0.29, 0.717) is 29.5 Å². The van der Waals surface area contributed by atoms with Crippen molar-refractivity contribution in [2.24, 2.45) is 0 Å². The molecule has 0 unspecified atom stereocenters. The van der Waals surface area contributed by atoms with Gasteiger partial charge in [0.25, 0.3) is 0 Å². The maximum absolute atomic E-state index is 13.2. The van der Waals surface area contributed by atoms with Gasteiger partial charge in [0, 0.05) is 24.8 Å². The van der Waals surface area contributed by atoms with Gasteiger partial charge in [0.1, 0.15) is 23.1 Å². The smallest absolute Gasteiger partial charge is 0.170 e. The first-order valence-electron chi connectivity index (χ1n) is 8.36. The summed E-state index contributed by atoms with van der Waals surface area (Å²) in [5.41, 5.74) is 8.41. The van der Waals surface area contributed by atoms with E-state index in [2.05, 4.69) is 10.1 Å². The van der Waals surface area contributed by atoms with Gasteiger partial charge in [-0.15, -0.1) is 0 Å². The Bertz CT molecular complexity index is 1060. The zero-order valence-electron chi connectivity index (χ0n) is 14.3. The Balaban J connectivity index is 1.45. The molecule has 0 atom stereocenters. The Hall–Kier alpha value is -3.67. The summed E-state index contributed by atoms with van der Waals surface area (Å²) >= 11 is 0. The molecule has 2 aromatic carbocycles. The highest BCUT2D eigenvalue weighted by atomic mass is 19.1. The first-order chi connectivity index (χ1) is 13.2. The first-order valence-corrected chi connectivity index (χ1v) is 8.36. The number of ether oxygens (including phenoxy) is 1. The van der Waals surface area contributed by atoms with Crippen LogP contribution in [0.4, 0.5) is 10.2 Å². The van der Waals surface area contributed by atoms with Crippen molar-refractivity contribution in [3.8, 4) is 22.8 Å². The minimum Gasteiger partial charge on any atom is -0.457 e. The van der Waals surface area contributed by atoms with Crippen LogP contribution >= 0.6 is 0 Å². The molecule has 2 heterocycles. The van der Waals surface area contributed by atoms with Crippen molar-refractivity contribution in [1.29, 1.82) is 0 Å². The van der Waals surface area contributed by atoms with E-state index >= 15 is 0 Å². The van der Waals surface area contributed by atoms with Crippen LogP contribution in [0.2, 0.25) is 0 Å². The molecule has 4 rings (SSSR count). The first kappa shape index (κ1) is 16.8. The lowest BCUT2D eigenvalue weighted by Crippen LogP contribution is -1.92. The minimum absolute atomic E-state index is 0.333. The van der Waals surface area contributed by atoms with E-state index in [-0.39, 0.29) is 5.82 Å². The maximum atomic E-state index is 13.2. The Morgan fingerprint density at radius 2 is 1.81 bits per heavy atom. The fourth-order valence-corrected chi connectivity index (χ4v) is 2.70. The highest BCUT2D eigenvalue weighted by Crippen LogP contribution is 2.26. The average molecular weight is 361 g/mol. The summed E-state index contributed by atoms with van der Waals surface area (Å²) in [4.78, 5) is 4.05. The molecule has 0 bridgehead atoms. The van der Waals surface area contributed by atoms with Gasteiger partial charge in [-0.3, -0.25) is 0 Å². The van der Waals surface area contributed by atoms with Crippen LogP contribution in [0.3, 0.4) is 0 Å². The van der Waals surface area contributed by atoms with Crippen molar-refractivity contribution in [1.82, 2.24) is 10.1 Å². The normalized spacial score (nSPS) is 10.7. The zero-order chi connectivity index (χ0) is 18.6. The fourth-order valence-electron chi connectivity index (χ4n) is 2.70. The second-order valence-corrected chi connectivity index (χ2v) is 6.00. The van der Waals surface area contributed by atoms with Crippen LogP contribution in [0, 0.1) is 5.82 Å². The van der Waals surface area contributed by atoms with Crippen LogP contribution in [0.15, 0.2) is 77.4 Å². The molecule has 134 valence electrons. The van der Waals surface area contributed by atoms with Gasteiger partial charge in [-0.25, -0.2) is 9.37 Å². The summed E-state index contributed by atoms with van der Waals surface area (Å²) in [6.07, 6.45) is 2.23. The van der Waals surface area contributed by atoms with Crippen LogP contribution in [-0.4, -0.2) is 10.1 Å². The number of nitrogens with two attached hydrogens (primary N) is 1. The van der Waals surface area contributed by atoms with Crippen molar-refractivity contribution >= 4 is 5.82 Å². The fraction of sp³-hybridized carbons (Fsp3) is 0.0476. The molecule has 0 aliphatic rings. The number of aromatic nitrogens is 2. The lowest BCUT2D eigenvalue weighted by Gasteiger charge is -2.06. The van der Waals surface area contributed by atoms with E-state index in [1.54, 1.807) is 24.4 Å². The van der Waals surface area contributed by atoms with E-state index in [1.807, 2.05) is 36.4 Å². The van der Waals surface area contributed by atoms with Crippen molar-refractivity contribution < 1.29 is 13.7 Å². The van der Waals surface area contributed by atoms with Gasteiger partial charge in [-0.1, -0.05) is 23.4 Å². The molecule has 0 fully saturated rings. The molecule has 0 spiro atoms. The quantitative estimate of drug-likeness (QED) is 0.550. The standard InChI is InChI=1S/C21H16FN3O2/c22-15-3-1-4-18(12-15)26-17-8-6-14(7-9-17)11-16-13-20(27-25-16)19-5-2-10-24-21(19)23/h1-10,12-13H,11H2,(H2,23,24). The van der Waals surface area contributed by atoms with E-state index in [0.717, 1.165) is 16.8 Å². The molecule has 0 amide bonds. The number of benzene rings is 2. The summed E-state index contributed by atoms with van der Waals surface area (Å²) < 4.78 is 24.3. The van der Waals surface area contributed by atoms with Gasteiger partial charge in [-0.2, -0.15) is 0 Å². The second kappa shape index (κ2) is 7.29. The summed E-state index contributed by atoms with van der Waals surface area (Å²) in [5.74, 6) is 1.74. The van der Waals surface area contributed by atoms with Crippen LogP contribution in [0.5, 0.6) is 11.5 Å². The number of nitrogens with zero attached hydrogens (tertiary/aromatic N) is 2. The van der Waals surface area contributed by atoms with Crippen LogP contribution < -0.4 is 10.5 Å². The van der Waals surface area contributed by atoms with E-state index in [4.69, 9.17) is 15.0 Å². The molecule has 4 aromatic rings. The number of nitrogen functional groups attached to an aromatic ring is 1. The van der Waals surface area contributed by atoms with Gasteiger partial charge < -0.3 is 15.0 Å². The average Bonchev–Trinajstić information content (AvgIpc) is 3.12. The maximum Gasteiger partial charge on any atom is 0.170 e. The summed E-state index contributed by atoms with van der Waals surface area (Å²) in [5, 5.41) is 4.10. The summed E-state index contributed by atoms with van der Waals surface area (Å²) in [7, 11) is 0. The Morgan fingerprint density at radius 1 is 0.963 bits per heavy atom. The van der Waals surface area contributed by atoms with Gasteiger partial charge in [-0.05, 0) is 42.0 Å². The largest absolute Gasteiger partial charge is 0.457 e. The van der Waals surface area contributed by atoms with E-state index in [1.165, 1.54) is 12.1 Å². The van der Waals surface area contributed by atoms with Crippen LogP contribution in [-0.2, 0) is 6.42 Å². The van der Waals surface area contributed by atoms with Gasteiger partial charge in [0.05, 0.1) is 11.3 Å². The van der Waals surface area contributed by atoms with Crippen LogP contribution in [0.1, 0.15) is 11.3 Å². The highest BCUT2D eigenvalue weighted by Gasteiger charge is 2.11. The second-order valence-electron chi connectivity index (χ2n) is 6.00. The van der Waals surface area contributed by atoms with E-state index < -0.39 is 0 Å². The molecule has 0 aliphatic heterocycles. The SMILES string of the molecule is Nc1ncccc1-c1cc(Cc2ccc(Oc3cccc(F)c3)cc2)no1. The van der Waals surface area contributed by atoms with Crippen molar-refractivity contribution in [3.63, 3.8) is 0 Å². The molecule has 0 saturated heterocycles. The predicted octanol–water partition coefficient (Wildman–Crippen LogP) is 4.84. The summed E-state index contributed by atoms with van der Waals surface area (Å²) in [6, 6.07) is 19.1. The number of anilines is 1. The van der Waals surface area contributed by atoms with Gasteiger partial charge >= 0.3 is 0 Å². The number of halogens is 1. The molecule has 2 aromatic heterocycles. The van der Waals surface area contributed by atoms with Crippen molar-refractivity contribution in [2.75, 3.05) is 5.73 Å². The number of rotatable bonds is 5. The third-order valence-corrected chi connectivity index (χ3v) is 4.00. The number of hydrogen-bond donors (Lipinski definition) is 1. The molecular formula is C21H16FN3O2. The molecular weight excluding hydrogens is 345 g/mol. The predicted molar refractivity (Wildman–Crippen MR) is 99.9 cm³/mol. The highest BCUT2D eigenvalue weighted by molar-refractivity contribution is 5.69. The minimum atomic E-state index is -0.333. The molecule has 0 saturated carbocycles.